The molecule has 1 amide bonds. The molecule has 1 fully saturated rings. The highest BCUT2D eigenvalue weighted by atomic mass is 32.2. The zero-order chi connectivity index (χ0) is 21.6. The zero-order valence-corrected chi connectivity index (χ0v) is 18.2. The molecule has 30 heavy (non-hydrogen) atoms. The normalized spacial score (nSPS) is 15.5. The Morgan fingerprint density at radius 1 is 1.03 bits per heavy atom. The van der Waals surface area contributed by atoms with Gasteiger partial charge in [0, 0.05) is 18.7 Å². The number of carbonyl (C=O) groups is 1. The summed E-state index contributed by atoms with van der Waals surface area (Å²) in [6.07, 6.45) is 1.83. The second-order valence-electron chi connectivity index (χ2n) is 7.42. The molecule has 0 bridgehead atoms. The van der Waals surface area contributed by atoms with E-state index in [1.165, 1.54) is 4.31 Å². The first-order chi connectivity index (χ1) is 14.4. The van der Waals surface area contributed by atoms with Crippen molar-refractivity contribution in [3.05, 3.63) is 59.7 Å². The predicted molar refractivity (Wildman–Crippen MR) is 115 cm³/mol. The van der Waals surface area contributed by atoms with Gasteiger partial charge >= 0.3 is 0 Å². The van der Waals surface area contributed by atoms with Crippen molar-refractivity contribution < 1.29 is 22.7 Å². The fourth-order valence-corrected chi connectivity index (χ4v) is 4.87. The Balaban J connectivity index is 1.49. The van der Waals surface area contributed by atoms with Crippen LogP contribution in [-0.2, 0) is 15.8 Å². The Kier molecular flexibility index (Phi) is 7.33. The molecule has 0 saturated carbocycles. The summed E-state index contributed by atoms with van der Waals surface area (Å²) in [5.41, 5.74) is 1.16. The number of nitrogens with one attached hydrogen (secondary N) is 1. The number of ether oxygens (including phenoxy) is 2. The van der Waals surface area contributed by atoms with Crippen molar-refractivity contribution in [2.75, 3.05) is 26.8 Å². The average Bonchev–Trinajstić information content (AvgIpc) is 3.29. The maximum atomic E-state index is 12.4. The number of hydrogen-bond acceptors (Lipinski definition) is 5. The van der Waals surface area contributed by atoms with Crippen LogP contribution in [0.3, 0.4) is 0 Å². The minimum absolute atomic E-state index is 0.0407. The predicted octanol–water partition coefficient (Wildman–Crippen LogP) is 2.82. The van der Waals surface area contributed by atoms with E-state index in [-0.39, 0.29) is 17.7 Å². The van der Waals surface area contributed by atoms with Crippen LogP contribution in [-0.4, -0.2) is 51.5 Å². The summed E-state index contributed by atoms with van der Waals surface area (Å²) in [6, 6.07) is 13.7. The molecule has 0 spiro atoms. The van der Waals surface area contributed by atoms with Crippen molar-refractivity contribution in [3.8, 4) is 11.5 Å². The van der Waals surface area contributed by atoms with Crippen LogP contribution in [0, 0.1) is 0 Å². The number of rotatable bonds is 9. The Labute approximate surface area is 178 Å². The summed E-state index contributed by atoms with van der Waals surface area (Å²) in [5, 5.41) is 2.89. The van der Waals surface area contributed by atoms with Gasteiger partial charge in [-0.2, -0.15) is 0 Å². The first-order valence-corrected chi connectivity index (χ1v) is 11.6. The highest BCUT2D eigenvalue weighted by Gasteiger charge is 2.25. The lowest BCUT2D eigenvalue weighted by molar-refractivity contribution is 0.0926. The highest BCUT2D eigenvalue weighted by molar-refractivity contribution is 7.88. The van der Waals surface area contributed by atoms with Crippen molar-refractivity contribution in [2.45, 2.75) is 31.6 Å². The van der Waals surface area contributed by atoms with Crippen LogP contribution in [0.15, 0.2) is 48.5 Å². The van der Waals surface area contributed by atoms with E-state index in [4.69, 9.17) is 9.47 Å². The summed E-state index contributed by atoms with van der Waals surface area (Å²) in [4.78, 5) is 12.4. The van der Waals surface area contributed by atoms with E-state index in [1.54, 1.807) is 31.4 Å². The number of carbonyl (C=O) groups excluding carboxylic acids is 1. The van der Waals surface area contributed by atoms with E-state index in [1.807, 2.05) is 31.2 Å². The average molecular weight is 433 g/mol. The van der Waals surface area contributed by atoms with Gasteiger partial charge in [-0.05, 0) is 61.7 Å². The molecule has 1 atom stereocenters. The van der Waals surface area contributed by atoms with Gasteiger partial charge in [0.05, 0.1) is 18.9 Å². The minimum Gasteiger partial charge on any atom is -0.497 e. The fourth-order valence-electron chi connectivity index (χ4n) is 3.26. The lowest BCUT2D eigenvalue weighted by Crippen LogP contribution is -2.36. The van der Waals surface area contributed by atoms with Crippen molar-refractivity contribution >= 4 is 15.9 Å². The van der Waals surface area contributed by atoms with E-state index in [0.717, 1.165) is 18.6 Å². The molecule has 0 unspecified atom stereocenters. The molecule has 0 radical (unpaired) electrons. The summed E-state index contributed by atoms with van der Waals surface area (Å²) >= 11 is 0. The molecule has 1 aliphatic heterocycles. The monoisotopic (exact) mass is 432 g/mol. The topological polar surface area (TPSA) is 84.9 Å². The van der Waals surface area contributed by atoms with Gasteiger partial charge in [0.1, 0.15) is 18.1 Å². The lowest BCUT2D eigenvalue weighted by Gasteiger charge is -2.16. The molecular weight excluding hydrogens is 404 g/mol. The molecule has 8 heteroatoms. The molecule has 2 aromatic carbocycles. The molecule has 3 rings (SSSR count). The van der Waals surface area contributed by atoms with Gasteiger partial charge in [-0.1, -0.05) is 12.1 Å². The number of benzene rings is 2. The molecule has 2 aromatic rings. The number of amides is 1. The molecule has 162 valence electrons. The van der Waals surface area contributed by atoms with Crippen LogP contribution < -0.4 is 14.8 Å². The lowest BCUT2D eigenvalue weighted by atomic mass is 10.1. The summed E-state index contributed by atoms with van der Waals surface area (Å²) < 4.78 is 37.2. The summed E-state index contributed by atoms with van der Waals surface area (Å²) in [7, 11) is -1.69. The Bertz CT molecular complexity index is 936. The third kappa shape index (κ3) is 5.96. The van der Waals surface area contributed by atoms with Gasteiger partial charge in [-0.3, -0.25) is 4.79 Å². The zero-order valence-electron chi connectivity index (χ0n) is 17.3. The van der Waals surface area contributed by atoms with E-state index in [0.29, 0.717) is 36.6 Å². The second kappa shape index (κ2) is 9.95. The molecule has 1 heterocycles. The maximum Gasteiger partial charge on any atom is 0.251 e. The fraction of sp³-hybridized carbons (Fsp3) is 0.409. The van der Waals surface area contributed by atoms with Crippen LogP contribution in [0.25, 0.3) is 0 Å². The van der Waals surface area contributed by atoms with Gasteiger partial charge in [0.15, 0.2) is 0 Å². The molecule has 1 saturated heterocycles. The Morgan fingerprint density at radius 2 is 1.63 bits per heavy atom. The van der Waals surface area contributed by atoms with Crippen molar-refractivity contribution in [2.24, 2.45) is 0 Å². The third-order valence-corrected chi connectivity index (χ3v) is 6.81. The molecule has 0 aromatic heterocycles. The second-order valence-corrected chi connectivity index (χ2v) is 9.39. The largest absolute Gasteiger partial charge is 0.497 e. The van der Waals surface area contributed by atoms with Gasteiger partial charge in [0.25, 0.3) is 5.91 Å². The first kappa shape index (κ1) is 22.1. The van der Waals surface area contributed by atoms with Crippen LogP contribution in [0.5, 0.6) is 11.5 Å². The molecule has 1 N–H and O–H groups in total. The standard InChI is InChI=1S/C22H28N2O5S/c1-17(15-29-21-11-9-20(28-2)10-12-21)23-22(25)19-7-5-18(6-8-19)16-30(26,27)24-13-3-4-14-24/h5-12,17H,3-4,13-16H2,1-2H3,(H,23,25)/t17-/m0/s1. The van der Waals surface area contributed by atoms with Gasteiger partial charge in [-0.15, -0.1) is 0 Å². The Morgan fingerprint density at radius 3 is 2.23 bits per heavy atom. The van der Waals surface area contributed by atoms with Crippen molar-refractivity contribution in [1.82, 2.24) is 9.62 Å². The highest BCUT2D eigenvalue weighted by Crippen LogP contribution is 2.18. The van der Waals surface area contributed by atoms with E-state index < -0.39 is 10.0 Å². The van der Waals surface area contributed by atoms with E-state index in [2.05, 4.69) is 5.32 Å². The van der Waals surface area contributed by atoms with Crippen molar-refractivity contribution in [3.63, 3.8) is 0 Å². The van der Waals surface area contributed by atoms with Gasteiger partial charge in [-0.25, -0.2) is 12.7 Å². The smallest absolute Gasteiger partial charge is 0.251 e. The number of sulfonamides is 1. The molecule has 1 aliphatic rings. The third-order valence-electron chi connectivity index (χ3n) is 4.96. The van der Waals surface area contributed by atoms with Crippen molar-refractivity contribution in [1.29, 1.82) is 0 Å². The first-order valence-electron chi connectivity index (χ1n) is 10.0. The maximum absolute atomic E-state index is 12.4. The van der Waals surface area contributed by atoms with Crippen LogP contribution >= 0.6 is 0 Å². The minimum atomic E-state index is -3.29. The van der Waals surface area contributed by atoms with E-state index in [9.17, 15) is 13.2 Å². The van der Waals surface area contributed by atoms with Gasteiger partial charge in [0.2, 0.25) is 10.0 Å². The van der Waals surface area contributed by atoms with Crippen LogP contribution in [0.2, 0.25) is 0 Å². The van der Waals surface area contributed by atoms with Crippen LogP contribution in [0.4, 0.5) is 0 Å². The summed E-state index contributed by atoms with van der Waals surface area (Å²) in [6.45, 7) is 3.38. The van der Waals surface area contributed by atoms with Gasteiger partial charge < -0.3 is 14.8 Å². The molecule has 7 nitrogen and oxygen atoms in total. The quantitative estimate of drug-likeness (QED) is 0.659. The molecular formula is C22H28N2O5S. The van der Waals surface area contributed by atoms with E-state index >= 15 is 0 Å². The summed E-state index contributed by atoms with van der Waals surface area (Å²) in [5.74, 6) is 1.18. The number of methoxy groups -OCH3 is 1. The SMILES string of the molecule is COc1ccc(OC[C@H](C)NC(=O)c2ccc(CS(=O)(=O)N3CCCC3)cc2)cc1. The number of nitrogens with zero attached hydrogens (tertiary/aromatic N) is 1. The Hall–Kier alpha value is -2.58. The molecule has 0 aliphatic carbocycles. The number of hydrogen-bond donors (Lipinski definition) is 1. The van der Waals surface area contributed by atoms with Crippen LogP contribution in [0.1, 0.15) is 35.7 Å².